The molecule has 0 unspecified atom stereocenters. The van der Waals surface area contributed by atoms with Gasteiger partial charge in [-0.05, 0) is 31.8 Å². The van der Waals surface area contributed by atoms with Crippen LogP contribution in [0.3, 0.4) is 0 Å². The average molecular weight is 352 g/mol. The van der Waals surface area contributed by atoms with Gasteiger partial charge in [0.15, 0.2) is 11.6 Å². The predicted molar refractivity (Wildman–Crippen MR) is 95.8 cm³/mol. The molecule has 25 heavy (non-hydrogen) atoms. The maximum absolute atomic E-state index is 12.6. The number of carbonyl (C=O) groups excluding carboxylic acids is 3. The van der Waals surface area contributed by atoms with Crippen LogP contribution in [-0.4, -0.2) is 34.9 Å². The zero-order chi connectivity index (χ0) is 19.3. The normalized spacial score (nSPS) is 40.3. The van der Waals surface area contributed by atoms with Crippen LogP contribution in [0.2, 0.25) is 0 Å². The van der Waals surface area contributed by atoms with Crippen molar-refractivity contribution < 1.29 is 24.2 Å². The lowest BCUT2D eigenvalue weighted by atomic mass is 9.81. The van der Waals surface area contributed by atoms with Crippen molar-refractivity contribution in [3.63, 3.8) is 0 Å². The molecule has 0 radical (unpaired) electrons. The van der Waals surface area contributed by atoms with E-state index in [1.807, 2.05) is 27.7 Å². The zero-order valence-electron chi connectivity index (χ0n) is 16.2. The van der Waals surface area contributed by atoms with Gasteiger partial charge in [0, 0.05) is 17.8 Å². The van der Waals surface area contributed by atoms with E-state index in [0.29, 0.717) is 12.8 Å². The van der Waals surface area contributed by atoms with Gasteiger partial charge in [-0.1, -0.05) is 40.7 Å². The summed E-state index contributed by atoms with van der Waals surface area (Å²) in [6.45, 7) is 10.6. The summed E-state index contributed by atoms with van der Waals surface area (Å²) in [5.74, 6) is -3.08. The highest BCUT2D eigenvalue weighted by Gasteiger charge is 2.35. The van der Waals surface area contributed by atoms with Gasteiger partial charge in [0.25, 0.3) is 0 Å². The van der Waals surface area contributed by atoms with Crippen LogP contribution in [0.4, 0.5) is 0 Å². The minimum Gasteiger partial charge on any atom is -0.461 e. The first-order valence-electron chi connectivity index (χ1n) is 9.24. The topological polar surface area (TPSA) is 80.7 Å². The van der Waals surface area contributed by atoms with Crippen molar-refractivity contribution in [3.05, 3.63) is 12.2 Å². The van der Waals surface area contributed by atoms with Crippen molar-refractivity contribution in [2.24, 2.45) is 29.6 Å². The minimum absolute atomic E-state index is 0.0171. The summed E-state index contributed by atoms with van der Waals surface area (Å²) in [6, 6.07) is 0. The number of aliphatic hydroxyl groups is 1. The Balaban J connectivity index is 3.16. The van der Waals surface area contributed by atoms with Gasteiger partial charge in [0.2, 0.25) is 0 Å². The van der Waals surface area contributed by atoms with Crippen molar-refractivity contribution in [2.45, 2.75) is 66.6 Å². The number of hydrogen-bond acceptors (Lipinski definition) is 5. The smallest absolute Gasteiger partial charge is 0.316 e. The number of esters is 1. The van der Waals surface area contributed by atoms with Crippen LogP contribution in [0, 0.1) is 29.6 Å². The Hall–Kier alpha value is -1.49. The highest BCUT2D eigenvalue weighted by Crippen LogP contribution is 2.25. The second kappa shape index (κ2) is 9.27. The van der Waals surface area contributed by atoms with E-state index in [1.54, 1.807) is 19.1 Å². The Bertz CT molecular complexity index is 524. The number of carbonyl (C=O) groups is 3. The largest absolute Gasteiger partial charge is 0.461 e. The fourth-order valence-corrected chi connectivity index (χ4v) is 3.33. The summed E-state index contributed by atoms with van der Waals surface area (Å²) in [7, 11) is 0. The highest BCUT2D eigenvalue weighted by atomic mass is 16.5. The van der Waals surface area contributed by atoms with E-state index in [-0.39, 0.29) is 35.4 Å². The van der Waals surface area contributed by atoms with Crippen LogP contribution in [0.25, 0.3) is 0 Å². The van der Waals surface area contributed by atoms with Gasteiger partial charge < -0.3 is 9.84 Å². The third-order valence-corrected chi connectivity index (χ3v) is 5.36. The van der Waals surface area contributed by atoms with Crippen molar-refractivity contribution >= 4 is 17.5 Å². The van der Waals surface area contributed by atoms with E-state index >= 15 is 0 Å². The summed E-state index contributed by atoms with van der Waals surface area (Å²) in [6.07, 6.45) is 3.12. The third-order valence-electron chi connectivity index (χ3n) is 5.36. The van der Waals surface area contributed by atoms with Gasteiger partial charge in [-0.25, -0.2) is 0 Å². The Labute approximate surface area is 150 Å². The molecule has 0 amide bonds. The molecule has 1 heterocycles. The van der Waals surface area contributed by atoms with E-state index in [0.717, 1.165) is 0 Å². The van der Waals surface area contributed by atoms with Gasteiger partial charge in [-0.15, -0.1) is 0 Å². The van der Waals surface area contributed by atoms with Gasteiger partial charge >= 0.3 is 5.97 Å². The van der Waals surface area contributed by atoms with E-state index in [4.69, 9.17) is 4.74 Å². The molecule has 0 aromatic carbocycles. The molecule has 0 bridgehead atoms. The summed E-state index contributed by atoms with van der Waals surface area (Å²) in [4.78, 5) is 37.2. The zero-order valence-corrected chi connectivity index (χ0v) is 16.2. The van der Waals surface area contributed by atoms with Gasteiger partial charge in [-0.3, -0.25) is 14.4 Å². The van der Waals surface area contributed by atoms with Crippen LogP contribution in [0.1, 0.15) is 54.4 Å². The molecule has 0 aromatic heterocycles. The van der Waals surface area contributed by atoms with Crippen molar-refractivity contribution in [2.75, 3.05) is 0 Å². The maximum Gasteiger partial charge on any atom is 0.316 e. The molecule has 142 valence electrons. The molecule has 0 aromatic rings. The van der Waals surface area contributed by atoms with Gasteiger partial charge in [0.05, 0.1) is 6.10 Å². The Morgan fingerprint density at radius 3 is 2.28 bits per heavy atom. The van der Waals surface area contributed by atoms with Crippen LogP contribution in [-0.2, 0) is 19.1 Å². The lowest BCUT2D eigenvalue weighted by molar-refractivity contribution is -0.159. The summed E-state index contributed by atoms with van der Waals surface area (Å²) >= 11 is 0. The summed E-state index contributed by atoms with van der Waals surface area (Å²) < 4.78 is 5.51. The first-order valence-corrected chi connectivity index (χ1v) is 9.24. The Kier molecular flexibility index (Phi) is 8.00. The Morgan fingerprint density at radius 1 is 1.12 bits per heavy atom. The molecule has 0 saturated carbocycles. The van der Waals surface area contributed by atoms with Crippen LogP contribution >= 0.6 is 0 Å². The van der Waals surface area contributed by atoms with Crippen LogP contribution in [0.5, 0.6) is 0 Å². The predicted octanol–water partition coefficient (Wildman–Crippen LogP) is 2.95. The minimum atomic E-state index is -0.913. The molecule has 1 aliphatic rings. The second-order valence-corrected chi connectivity index (χ2v) is 7.52. The molecular weight excluding hydrogens is 320 g/mol. The molecule has 0 fully saturated rings. The molecule has 1 aliphatic heterocycles. The van der Waals surface area contributed by atoms with Crippen LogP contribution in [0.15, 0.2) is 12.2 Å². The third kappa shape index (κ3) is 5.50. The number of ketones is 2. The van der Waals surface area contributed by atoms with Crippen LogP contribution < -0.4 is 0 Å². The fourth-order valence-electron chi connectivity index (χ4n) is 3.33. The van der Waals surface area contributed by atoms with Crippen molar-refractivity contribution in [1.82, 2.24) is 0 Å². The highest BCUT2D eigenvalue weighted by molar-refractivity contribution is 6.00. The number of ether oxygens (including phenoxy) is 1. The first kappa shape index (κ1) is 21.6. The monoisotopic (exact) mass is 352 g/mol. The van der Waals surface area contributed by atoms with E-state index in [2.05, 4.69) is 0 Å². The van der Waals surface area contributed by atoms with Gasteiger partial charge in [-0.2, -0.15) is 0 Å². The SMILES string of the molecule is CC[C@H]1OC(=O)[C@H](C)C(=O)[C@H](C)[C@@H](O)[C@@H](C)C[C@@H](C)C(=O)/C=C/[C@H]1C. The molecular formula is C20H32O5. The van der Waals surface area contributed by atoms with E-state index < -0.39 is 23.9 Å². The average Bonchev–Trinajstić information content (AvgIpc) is 2.59. The maximum atomic E-state index is 12.6. The molecule has 0 saturated heterocycles. The lowest BCUT2D eigenvalue weighted by Crippen LogP contribution is -2.39. The lowest BCUT2D eigenvalue weighted by Gasteiger charge is -2.28. The fraction of sp³-hybridized carbons (Fsp3) is 0.750. The molecule has 5 nitrogen and oxygen atoms in total. The van der Waals surface area contributed by atoms with E-state index in [1.165, 1.54) is 6.92 Å². The number of Topliss-reactive ketones (excluding diaryl/α,β-unsaturated/α-hetero) is 1. The summed E-state index contributed by atoms with van der Waals surface area (Å²) in [5, 5.41) is 10.5. The molecule has 5 heteroatoms. The van der Waals surface area contributed by atoms with Crippen molar-refractivity contribution in [3.8, 4) is 0 Å². The molecule has 1 rings (SSSR count). The number of aliphatic hydroxyl groups excluding tert-OH is 1. The van der Waals surface area contributed by atoms with Gasteiger partial charge in [0.1, 0.15) is 12.0 Å². The first-order chi connectivity index (χ1) is 11.6. The van der Waals surface area contributed by atoms with Crippen molar-refractivity contribution in [1.29, 1.82) is 0 Å². The van der Waals surface area contributed by atoms with E-state index in [9.17, 15) is 19.5 Å². The number of hydrogen-bond donors (Lipinski definition) is 1. The molecule has 7 atom stereocenters. The molecule has 0 spiro atoms. The quantitative estimate of drug-likeness (QED) is 0.580. The number of allylic oxidation sites excluding steroid dienone is 1. The number of cyclic esters (lactones) is 1. The Morgan fingerprint density at radius 2 is 1.72 bits per heavy atom. The number of rotatable bonds is 1. The molecule has 1 N–H and O–H groups in total. The standard InChI is InChI=1S/C20H32O5/c1-7-17-11(2)8-9-16(21)12(3)10-13(4)18(22)14(5)19(23)15(6)20(24)25-17/h8-9,11-15,17-18,22H,7,10H2,1-6H3/b9-8+/t11-,12-,13+,14-,15-,17-,18+/m1/s1. The summed E-state index contributed by atoms with van der Waals surface area (Å²) in [5.41, 5.74) is 0. The molecule has 0 aliphatic carbocycles. The second-order valence-electron chi connectivity index (χ2n) is 7.52.